The van der Waals surface area contributed by atoms with E-state index in [0.717, 1.165) is 6.42 Å². The average Bonchev–Trinajstić information content (AvgIpc) is 1.35. The fourth-order valence-electron chi connectivity index (χ4n) is 9.90. The number of nitrogens with two attached hydrogens (primary N) is 6. The highest BCUT2D eigenvalue weighted by Crippen LogP contribution is 2.12. The highest BCUT2D eigenvalue weighted by molar-refractivity contribution is 5.98. The molecule has 33 heteroatoms. The van der Waals surface area contributed by atoms with E-state index in [1.54, 1.807) is 51.1 Å². The van der Waals surface area contributed by atoms with Gasteiger partial charge in [-0.3, -0.25) is 57.5 Å². The summed E-state index contributed by atoms with van der Waals surface area (Å²) >= 11 is 0. The summed E-state index contributed by atoms with van der Waals surface area (Å²) in [5.41, 5.74) is 35.9. The first-order valence-electron chi connectivity index (χ1n) is 32.0. The van der Waals surface area contributed by atoms with Crippen molar-refractivity contribution in [1.82, 2.24) is 63.8 Å². The molecule has 1 fully saturated rings. The molecule has 93 heavy (non-hydrogen) atoms. The predicted molar refractivity (Wildman–Crippen MR) is 343 cm³/mol. The van der Waals surface area contributed by atoms with Crippen LogP contribution in [0, 0.1) is 5.92 Å². The molecule has 0 spiro atoms. The molecule has 0 aromatic heterocycles. The third-order valence-corrected chi connectivity index (χ3v) is 14.9. The van der Waals surface area contributed by atoms with Crippen LogP contribution in [-0.4, -0.2) is 218 Å². The molecule has 0 radical (unpaired) electrons. The first kappa shape index (κ1) is 81.6. The smallest absolute Gasteiger partial charge is 0.306 e. The van der Waals surface area contributed by atoms with Crippen LogP contribution in [0.25, 0.3) is 0 Å². The quantitative estimate of drug-likeness (QED) is 0.0291. The van der Waals surface area contributed by atoms with Gasteiger partial charge in [-0.15, -0.1) is 0 Å². The van der Waals surface area contributed by atoms with Gasteiger partial charge in [0.2, 0.25) is 65.0 Å². The Bertz CT molecular complexity index is 2550. The molecule has 1 aromatic rings. The molecule has 1 aliphatic heterocycles. The van der Waals surface area contributed by atoms with Crippen LogP contribution in [0.5, 0.6) is 0 Å². The molecule has 0 saturated carbocycles. The number of carbonyl (C=O) groups excluding carboxylic acids is 12. The van der Waals surface area contributed by atoms with Crippen molar-refractivity contribution in [1.29, 1.82) is 0 Å². The van der Waals surface area contributed by atoms with Gasteiger partial charge in [-0.2, -0.15) is 0 Å². The molecule has 526 valence electrons. The number of esters is 1. The lowest BCUT2D eigenvalue weighted by Gasteiger charge is -2.29. The van der Waals surface area contributed by atoms with E-state index in [4.69, 9.17) is 39.1 Å². The molecule has 1 saturated heterocycles. The van der Waals surface area contributed by atoms with E-state index in [0.29, 0.717) is 12.0 Å². The van der Waals surface area contributed by atoms with E-state index in [9.17, 15) is 67.7 Å². The van der Waals surface area contributed by atoms with Crippen LogP contribution in [0.2, 0.25) is 0 Å². The zero-order valence-corrected chi connectivity index (χ0v) is 54.6. The SMILES string of the molecule is CCCC(C)OC(=O)CCC(=O)N[C@@H](CCN)C(=O)N[C@@H](CCN)C(=O)N[C@H](C(=O)N[C@@H](CCN)C(=O)N[C@H]1CCNC(=O)[C@H](C(C)O)NC(=O)[C@H](CCN)NC(=O)[C@H](CCN)NC(=O)[C@H](CC(C)C)NC(=O)[C@@H](Cc2ccccc2)NC(=O)[C@H](CCN)NC1)C(C)O. The second kappa shape index (κ2) is 44.2. The number of nitrogens with one attached hydrogen (secondary N) is 12. The van der Waals surface area contributed by atoms with Gasteiger partial charge < -0.3 is 113 Å². The van der Waals surface area contributed by atoms with Gasteiger partial charge in [0.05, 0.1) is 30.8 Å². The molecule has 2 rings (SSSR count). The van der Waals surface area contributed by atoms with Crippen molar-refractivity contribution >= 4 is 70.9 Å². The molecule has 33 nitrogen and oxygen atoms in total. The highest BCUT2D eigenvalue weighted by atomic mass is 16.5. The number of amides is 11. The zero-order valence-electron chi connectivity index (χ0n) is 54.6. The number of hydrogen-bond donors (Lipinski definition) is 20. The van der Waals surface area contributed by atoms with Gasteiger partial charge >= 0.3 is 5.97 Å². The molecule has 14 atom stereocenters. The molecular formula is C60H106N18O15. The molecule has 1 aromatic carbocycles. The number of aliphatic hydroxyl groups is 2. The summed E-state index contributed by atoms with van der Waals surface area (Å²) in [6, 6.07) is -6.47. The van der Waals surface area contributed by atoms with Crippen LogP contribution in [-0.2, 0) is 68.7 Å². The maximum absolute atomic E-state index is 14.5. The number of rotatable bonds is 33. The first-order chi connectivity index (χ1) is 44.2. The van der Waals surface area contributed by atoms with Crippen molar-refractivity contribution in [2.45, 2.75) is 210 Å². The summed E-state index contributed by atoms with van der Waals surface area (Å²) < 4.78 is 5.29. The Morgan fingerprint density at radius 2 is 1.04 bits per heavy atom. The van der Waals surface area contributed by atoms with Crippen molar-refractivity contribution in [2.24, 2.45) is 40.3 Å². The summed E-state index contributed by atoms with van der Waals surface area (Å²) in [5.74, 6) is -10.2. The Morgan fingerprint density at radius 3 is 1.58 bits per heavy atom. The van der Waals surface area contributed by atoms with Crippen molar-refractivity contribution in [3.63, 3.8) is 0 Å². The van der Waals surface area contributed by atoms with E-state index < -0.39 is 150 Å². The van der Waals surface area contributed by atoms with Gasteiger partial charge in [0, 0.05) is 32.0 Å². The molecule has 0 bridgehead atoms. The van der Waals surface area contributed by atoms with Crippen molar-refractivity contribution < 1.29 is 72.5 Å². The van der Waals surface area contributed by atoms with Crippen molar-refractivity contribution in [3.8, 4) is 0 Å². The lowest BCUT2D eigenvalue weighted by Crippen LogP contribution is -2.61. The van der Waals surface area contributed by atoms with Gasteiger partial charge in [-0.1, -0.05) is 57.5 Å². The molecule has 3 unspecified atom stereocenters. The maximum atomic E-state index is 14.5. The third-order valence-electron chi connectivity index (χ3n) is 14.9. The zero-order chi connectivity index (χ0) is 69.7. The number of aliphatic hydroxyl groups excluding tert-OH is 2. The Balaban J connectivity index is 2.60. The van der Waals surface area contributed by atoms with Crippen LogP contribution in [0.4, 0.5) is 0 Å². The van der Waals surface area contributed by atoms with E-state index >= 15 is 0 Å². The van der Waals surface area contributed by atoms with E-state index in [2.05, 4.69) is 63.8 Å². The van der Waals surface area contributed by atoms with Crippen LogP contribution < -0.4 is 98.2 Å². The van der Waals surface area contributed by atoms with E-state index in [1.807, 2.05) is 6.92 Å². The Kier molecular flexibility index (Phi) is 38.7. The number of ether oxygens (including phenoxy) is 1. The number of hydrogen-bond acceptors (Lipinski definition) is 22. The number of benzene rings is 1. The van der Waals surface area contributed by atoms with E-state index in [-0.39, 0.29) is 135 Å². The van der Waals surface area contributed by atoms with Crippen molar-refractivity contribution in [3.05, 3.63) is 35.9 Å². The minimum atomic E-state index is -1.78. The normalized spacial score (nSPS) is 22.2. The second-order valence-electron chi connectivity index (χ2n) is 23.6. The second-order valence-corrected chi connectivity index (χ2v) is 23.6. The topological polar surface area (TPSA) is 555 Å². The van der Waals surface area contributed by atoms with Gasteiger partial charge in [0.25, 0.3) is 0 Å². The standard InChI is InChI=1S/C60H106N18O15/c1-7-11-34(4)93-48(82)15-14-47(81)70-40(17-24-62)53(85)71-44(21-28-66)56(88)78-50(36(6)80)60(92)74-41(18-25-63)52(84)69-38-22-29-67-59(91)49(35(5)79)77-55(87)43(20-27-65)72-54(86)42(19-26-64)73-57(89)45(30-33(2)3)75-58(90)46(31-37-12-9-8-10-13-37)76-51(83)39(16-23-61)68-32-38/h8-10,12-13,33-36,38-46,49-50,68,79-80H,7,11,14-32,61-66H2,1-6H3,(H,67,91)(H,69,84)(H,70,81)(H,71,85)(H,72,86)(H,73,89)(H,74,92)(H,75,90)(H,76,83)(H,77,87)(H,78,88)/t34?,35?,36?,38-,39-,40-,41-,42-,43-,44-,45-,46+,49-,50-/m0/s1. The molecule has 0 aliphatic carbocycles. The lowest BCUT2D eigenvalue weighted by molar-refractivity contribution is -0.149. The predicted octanol–water partition coefficient (Wildman–Crippen LogP) is -7.03. The Hall–Kier alpha value is -7.50. The monoisotopic (exact) mass is 1320 g/mol. The molecule has 1 aliphatic rings. The summed E-state index contributed by atoms with van der Waals surface area (Å²) in [6.45, 7) is 8.37. The van der Waals surface area contributed by atoms with E-state index in [1.165, 1.54) is 13.8 Å². The fraction of sp³-hybridized carbons (Fsp3) is 0.700. The van der Waals surface area contributed by atoms with Crippen LogP contribution in [0.3, 0.4) is 0 Å². The third kappa shape index (κ3) is 30.4. The largest absolute Gasteiger partial charge is 0.463 e. The van der Waals surface area contributed by atoms with Gasteiger partial charge in [-0.05, 0) is 129 Å². The summed E-state index contributed by atoms with van der Waals surface area (Å²) in [7, 11) is 0. The fourth-order valence-corrected chi connectivity index (χ4v) is 9.90. The Morgan fingerprint density at radius 1 is 0.559 bits per heavy atom. The van der Waals surface area contributed by atoms with Gasteiger partial charge in [0.15, 0.2) is 0 Å². The van der Waals surface area contributed by atoms with Crippen LogP contribution in [0.1, 0.15) is 124 Å². The molecule has 26 N–H and O–H groups in total. The minimum Gasteiger partial charge on any atom is -0.463 e. The number of carbonyl (C=O) groups is 12. The molecule has 1 heterocycles. The average molecular weight is 1320 g/mol. The summed E-state index contributed by atoms with van der Waals surface area (Å²) in [4.78, 5) is 166. The van der Waals surface area contributed by atoms with Crippen LogP contribution in [0.15, 0.2) is 30.3 Å². The summed E-state index contributed by atoms with van der Waals surface area (Å²) in [5, 5.41) is 53.4. The van der Waals surface area contributed by atoms with Gasteiger partial charge in [-0.25, -0.2) is 0 Å². The molecule has 11 amide bonds. The summed E-state index contributed by atoms with van der Waals surface area (Å²) in [6.07, 6.45) is -3.64. The van der Waals surface area contributed by atoms with Crippen LogP contribution >= 0.6 is 0 Å². The Labute approximate surface area is 543 Å². The highest BCUT2D eigenvalue weighted by Gasteiger charge is 2.37. The lowest BCUT2D eigenvalue weighted by atomic mass is 10.00. The van der Waals surface area contributed by atoms with Crippen molar-refractivity contribution in [2.75, 3.05) is 52.4 Å². The minimum absolute atomic E-state index is 0.0378. The maximum Gasteiger partial charge on any atom is 0.306 e. The first-order valence-corrected chi connectivity index (χ1v) is 32.0. The van der Waals surface area contributed by atoms with Gasteiger partial charge in [0.1, 0.15) is 54.4 Å². The molecular weight excluding hydrogens is 1210 g/mol.